The lowest BCUT2D eigenvalue weighted by atomic mass is 9.71. The molecule has 0 unspecified atom stereocenters. The van der Waals surface area contributed by atoms with E-state index in [4.69, 9.17) is 4.84 Å². The fraction of sp³-hybridized carbons (Fsp3) is 0.318. The van der Waals surface area contributed by atoms with Crippen molar-refractivity contribution in [3.8, 4) is 0 Å². The molecule has 150 valence electrons. The number of carbonyl (C=O) groups excluding carboxylic acids is 2. The number of amides is 2. The second-order valence-corrected chi connectivity index (χ2v) is 8.34. The highest BCUT2D eigenvalue weighted by atomic mass is 16.6. The molecular formula is C22H17N3O5. The van der Waals surface area contributed by atoms with Crippen LogP contribution in [0.1, 0.15) is 12.0 Å². The highest BCUT2D eigenvalue weighted by Gasteiger charge is 2.70. The van der Waals surface area contributed by atoms with Crippen molar-refractivity contribution < 1.29 is 19.3 Å². The standard InChI is InChI=1S/C22H17N3O5/c26-21-16-14-10-15(17(16)22(27)24(21)12-6-2-1-3-7-12)20-18(14)19(23-30-20)11-5-4-8-13(9-11)25(28)29/h1-9,14-18,20H,10H2/t14-,15+,16+,17+,18+,20-/m1/s1. The van der Waals surface area contributed by atoms with Gasteiger partial charge in [-0.05, 0) is 24.5 Å². The lowest BCUT2D eigenvalue weighted by molar-refractivity contribution is -0.384. The van der Waals surface area contributed by atoms with Gasteiger partial charge in [0.05, 0.1) is 28.2 Å². The third kappa shape index (κ3) is 2.13. The van der Waals surface area contributed by atoms with Gasteiger partial charge in [-0.15, -0.1) is 0 Å². The van der Waals surface area contributed by atoms with Gasteiger partial charge in [0, 0.05) is 29.5 Å². The number of nitro groups is 1. The number of nitro benzene ring substituents is 1. The van der Waals surface area contributed by atoms with E-state index < -0.39 is 10.8 Å². The molecular weight excluding hydrogens is 386 g/mol. The molecule has 2 aliphatic carbocycles. The molecule has 0 spiro atoms. The van der Waals surface area contributed by atoms with Crippen molar-refractivity contribution in [1.29, 1.82) is 0 Å². The Bertz CT molecular complexity index is 1130. The van der Waals surface area contributed by atoms with E-state index in [1.807, 2.05) is 18.2 Å². The summed E-state index contributed by atoms with van der Waals surface area (Å²) in [4.78, 5) is 44.3. The van der Waals surface area contributed by atoms with Crippen LogP contribution in [0.5, 0.6) is 0 Å². The fourth-order valence-electron chi connectivity index (χ4n) is 5.97. The van der Waals surface area contributed by atoms with Gasteiger partial charge >= 0.3 is 0 Å². The van der Waals surface area contributed by atoms with Crippen LogP contribution in [0.3, 0.4) is 0 Å². The van der Waals surface area contributed by atoms with Crippen molar-refractivity contribution in [2.75, 3.05) is 4.90 Å². The molecule has 8 nitrogen and oxygen atoms in total. The topological polar surface area (TPSA) is 102 Å². The molecule has 2 aliphatic heterocycles. The average Bonchev–Trinajstić information content (AvgIpc) is 3.49. The largest absolute Gasteiger partial charge is 0.391 e. The Balaban J connectivity index is 1.35. The molecule has 0 radical (unpaired) electrons. The molecule has 6 atom stereocenters. The Morgan fingerprint density at radius 3 is 2.43 bits per heavy atom. The first-order valence-electron chi connectivity index (χ1n) is 9.97. The Morgan fingerprint density at radius 1 is 0.967 bits per heavy atom. The minimum absolute atomic E-state index is 0.0120. The van der Waals surface area contributed by atoms with Crippen molar-refractivity contribution in [3.05, 3.63) is 70.3 Å². The summed E-state index contributed by atoms with van der Waals surface area (Å²) < 4.78 is 0. The third-order valence-electron chi connectivity index (χ3n) is 7.06. The smallest absolute Gasteiger partial charge is 0.270 e. The second-order valence-electron chi connectivity index (χ2n) is 8.34. The van der Waals surface area contributed by atoms with Crippen LogP contribution in [0.15, 0.2) is 59.8 Å². The van der Waals surface area contributed by atoms with E-state index in [1.54, 1.807) is 24.3 Å². The number of carbonyl (C=O) groups is 2. The van der Waals surface area contributed by atoms with E-state index in [0.717, 1.165) is 6.42 Å². The number of oxime groups is 1. The minimum Gasteiger partial charge on any atom is -0.391 e. The van der Waals surface area contributed by atoms with Crippen LogP contribution in [0.4, 0.5) is 11.4 Å². The van der Waals surface area contributed by atoms with Crippen molar-refractivity contribution in [2.45, 2.75) is 12.5 Å². The van der Waals surface area contributed by atoms with Crippen LogP contribution < -0.4 is 4.90 Å². The predicted molar refractivity (Wildman–Crippen MR) is 106 cm³/mol. The lowest BCUT2D eigenvalue weighted by Gasteiger charge is -2.29. The number of fused-ring (bicyclic) bond motifs is 8. The number of hydrogen-bond donors (Lipinski definition) is 0. The first-order chi connectivity index (χ1) is 14.6. The zero-order valence-electron chi connectivity index (χ0n) is 15.8. The molecule has 4 aliphatic rings. The summed E-state index contributed by atoms with van der Waals surface area (Å²) >= 11 is 0. The van der Waals surface area contributed by atoms with E-state index >= 15 is 0 Å². The molecule has 0 N–H and O–H groups in total. The van der Waals surface area contributed by atoms with E-state index in [2.05, 4.69) is 5.16 Å². The minimum atomic E-state index is -0.439. The van der Waals surface area contributed by atoms with E-state index in [9.17, 15) is 19.7 Å². The van der Waals surface area contributed by atoms with Crippen molar-refractivity contribution in [1.82, 2.24) is 0 Å². The summed E-state index contributed by atoms with van der Waals surface area (Å²) in [6.45, 7) is 0. The van der Waals surface area contributed by atoms with Gasteiger partial charge in [-0.2, -0.15) is 0 Å². The molecule has 3 fully saturated rings. The van der Waals surface area contributed by atoms with Crippen LogP contribution in [0.25, 0.3) is 0 Å². The van der Waals surface area contributed by atoms with Crippen LogP contribution in [-0.4, -0.2) is 28.6 Å². The number of hydrogen-bond acceptors (Lipinski definition) is 6. The Kier molecular flexibility index (Phi) is 3.45. The SMILES string of the molecule is O=C1[C@H]2[C@@H]3C[C@@H]([C@H]4C(c5cccc([N+](=O)[O-])c5)=NO[C@H]34)[C@@H]2C(=O)N1c1ccccc1. The van der Waals surface area contributed by atoms with Gasteiger partial charge < -0.3 is 4.84 Å². The molecule has 2 bridgehead atoms. The summed E-state index contributed by atoms with van der Waals surface area (Å²) in [5, 5.41) is 15.4. The highest BCUT2D eigenvalue weighted by Crippen LogP contribution is 2.62. The summed E-state index contributed by atoms with van der Waals surface area (Å²) in [6, 6.07) is 15.3. The van der Waals surface area contributed by atoms with Gasteiger partial charge in [0.25, 0.3) is 5.69 Å². The summed E-state index contributed by atoms with van der Waals surface area (Å²) in [5.74, 6) is -1.36. The number of non-ortho nitro benzene ring substituents is 1. The van der Waals surface area contributed by atoms with Crippen molar-refractivity contribution >= 4 is 28.9 Å². The maximum atomic E-state index is 13.3. The summed E-state index contributed by atoms with van der Waals surface area (Å²) in [6.07, 6.45) is 0.469. The van der Waals surface area contributed by atoms with Crippen LogP contribution in [-0.2, 0) is 14.4 Å². The number of rotatable bonds is 3. The highest BCUT2D eigenvalue weighted by molar-refractivity contribution is 6.23. The quantitative estimate of drug-likeness (QED) is 0.445. The van der Waals surface area contributed by atoms with Gasteiger partial charge in [0.1, 0.15) is 6.10 Å². The Morgan fingerprint density at radius 2 is 1.70 bits per heavy atom. The maximum Gasteiger partial charge on any atom is 0.270 e. The fourth-order valence-corrected chi connectivity index (χ4v) is 5.97. The monoisotopic (exact) mass is 403 g/mol. The van der Waals surface area contributed by atoms with Gasteiger partial charge in [-0.25, -0.2) is 0 Å². The van der Waals surface area contributed by atoms with Crippen LogP contribution in [0.2, 0.25) is 0 Å². The Hall–Kier alpha value is -3.55. The van der Waals surface area contributed by atoms with Crippen LogP contribution in [0, 0.1) is 39.7 Å². The third-order valence-corrected chi connectivity index (χ3v) is 7.06. The first-order valence-corrected chi connectivity index (χ1v) is 9.97. The molecule has 2 heterocycles. The normalized spacial score (nSPS) is 33.3. The molecule has 2 saturated carbocycles. The zero-order chi connectivity index (χ0) is 20.6. The number of anilines is 1. The summed E-state index contributed by atoms with van der Waals surface area (Å²) in [5.41, 5.74) is 1.87. The second kappa shape index (κ2) is 5.98. The average molecular weight is 403 g/mol. The number of benzene rings is 2. The Labute approximate surface area is 171 Å². The lowest BCUT2D eigenvalue weighted by Crippen LogP contribution is -2.41. The molecule has 2 aromatic carbocycles. The number of imide groups is 1. The van der Waals surface area contributed by atoms with Crippen molar-refractivity contribution in [3.63, 3.8) is 0 Å². The number of para-hydroxylation sites is 1. The van der Waals surface area contributed by atoms with E-state index in [1.165, 1.54) is 17.0 Å². The molecule has 1 saturated heterocycles. The molecule has 30 heavy (non-hydrogen) atoms. The van der Waals surface area contributed by atoms with Gasteiger partial charge in [0.2, 0.25) is 11.8 Å². The van der Waals surface area contributed by atoms with Gasteiger partial charge in [-0.3, -0.25) is 24.6 Å². The van der Waals surface area contributed by atoms with Gasteiger partial charge in [-0.1, -0.05) is 35.5 Å². The van der Waals surface area contributed by atoms with Crippen molar-refractivity contribution in [2.24, 2.45) is 34.7 Å². The maximum absolute atomic E-state index is 13.3. The zero-order valence-corrected chi connectivity index (χ0v) is 15.8. The van der Waals surface area contributed by atoms with Crippen LogP contribution >= 0.6 is 0 Å². The first kappa shape index (κ1) is 17.3. The number of nitrogens with zero attached hydrogens (tertiary/aromatic N) is 3. The molecule has 2 amide bonds. The molecule has 6 rings (SSSR count). The van der Waals surface area contributed by atoms with Gasteiger partial charge in [0.15, 0.2) is 0 Å². The molecule has 0 aromatic heterocycles. The van der Waals surface area contributed by atoms with E-state index in [-0.39, 0.29) is 47.3 Å². The molecule has 8 heteroatoms. The van der Waals surface area contributed by atoms with E-state index in [0.29, 0.717) is 17.0 Å². The molecule has 2 aromatic rings. The summed E-state index contributed by atoms with van der Waals surface area (Å²) in [7, 11) is 0. The predicted octanol–water partition coefficient (Wildman–Crippen LogP) is 2.77.